The summed E-state index contributed by atoms with van der Waals surface area (Å²) < 4.78 is 5.10. The molecule has 0 spiro atoms. The van der Waals surface area contributed by atoms with Gasteiger partial charge in [0.15, 0.2) is 0 Å². The summed E-state index contributed by atoms with van der Waals surface area (Å²) in [6.07, 6.45) is 9.07. The second-order valence-electron chi connectivity index (χ2n) is 5.35. The summed E-state index contributed by atoms with van der Waals surface area (Å²) >= 11 is 0. The maximum absolute atomic E-state index is 11.2. The van der Waals surface area contributed by atoms with Gasteiger partial charge in [-0.1, -0.05) is 45.6 Å². The van der Waals surface area contributed by atoms with Crippen molar-refractivity contribution in [3.05, 3.63) is 12.2 Å². The number of hydrogen-bond donors (Lipinski definition) is 0. The van der Waals surface area contributed by atoms with Crippen LogP contribution in [0.5, 0.6) is 0 Å². The molecule has 0 aromatic rings. The Morgan fingerprint density at radius 1 is 1.24 bits per heavy atom. The third kappa shape index (κ3) is 5.38. The largest absolute Gasteiger partial charge is 0.462 e. The normalized spacial score (nSPS) is 24.4. The Kier molecular flexibility index (Phi) is 6.31. The molecule has 0 amide bonds. The monoisotopic (exact) mass is 238 g/mol. The molecule has 1 aliphatic carbocycles. The number of rotatable bonds is 6. The molecule has 17 heavy (non-hydrogen) atoms. The third-order valence-electron chi connectivity index (χ3n) is 3.88. The van der Waals surface area contributed by atoms with Crippen molar-refractivity contribution in [3.8, 4) is 0 Å². The molecule has 0 aromatic carbocycles. The molecule has 1 fully saturated rings. The van der Waals surface area contributed by atoms with Crippen LogP contribution in [-0.4, -0.2) is 12.6 Å². The van der Waals surface area contributed by atoms with Crippen molar-refractivity contribution in [2.75, 3.05) is 6.61 Å². The van der Waals surface area contributed by atoms with E-state index in [1.165, 1.54) is 38.5 Å². The fourth-order valence-electron chi connectivity index (χ4n) is 2.59. The van der Waals surface area contributed by atoms with E-state index >= 15 is 0 Å². The minimum Gasteiger partial charge on any atom is -0.462 e. The van der Waals surface area contributed by atoms with Gasteiger partial charge in [-0.3, -0.25) is 0 Å². The standard InChI is InChI=1S/C15H26O2/c1-4-13-7-9-14(10-8-13)6-5-11-17-15(16)12(2)3/h13-14H,2,4-11H2,1,3H3. The minimum absolute atomic E-state index is 0.250. The number of carbonyl (C=O) groups is 1. The highest BCUT2D eigenvalue weighted by Gasteiger charge is 2.19. The molecule has 2 heteroatoms. The third-order valence-corrected chi connectivity index (χ3v) is 3.88. The van der Waals surface area contributed by atoms with Crippen molar-refractivity contribution in [3.63, 3.8) is 0 Å². The highest BCUT2D eigenvalue weighted by molar-refractivity contribution is 5.86. The predicted molar refractivity (Wildman–Crippen MR) is 70.7 cm³/mol. The first-order chi connectivity index (χ1) is 8.13. The van der Waals surface area contributed by atoms with Crippen molar-refractivity contribution < 1.29 is 9.53 Å². The minimum atomic E-state index is -0.250. The fraction of sp³-hybridized carbons (Fsp3) is 0.800. The van der Waals surface area contributed by atoms with Gasteiger partial charge in [-0.05, 0) is 31.6 Å². The van der Waals surface area contributed by atoms with Crippen molar-refractivity contribution in [2.24, 2.45) is 11.8 Å². The first-order valence-corrected chi connectivity index (χ1v) is 6.96. The average Bonchev–Trinajstić information content (AvgIpc) is 2.35. The molecule has 0 bridgehead atoms. The van der Waals surface area contributed by atoms with Crippen LogP contribution in [0.2, 0.25) is 0 Å². The zero-order valence-electron chi connectivity index (χ0n) is 11.3. The Labute approximate surface area is 105 Å². The van der Waals surface area contributed by atoms with Gasteiger partial charge in [-0.2, -0.15) is 0 Å². The molecule has 1 aliphatic rings. The Balaban J connectivity index is 2.04. The van der Waals surface area contributed by atoms with Crippen LogP contribution in [0.3, 0.4) is 0 Å². The Morgan fingerprint density at radius 2 is 1.82 bits per heavy atom. The number of ether oxygens (including phenoxy) is 1. The summed E-state index contributed by atoms with van der Waals surface area (Å²) in [6, 6.07) is 0. The predicted octanol–water partition coefficient (Wildman–Crippen LogP) is 4.10. The summed E-state index contributed by atoms with van der Waals surface area (Å²) in [5.41, 5.74) is 0.494. The van der Waals surface area contributed by atoms with Crippen LogP contribution in [0, 0.1) is 11.8 Å². The van der Waals surface area contributed by atoms with E-state index in [0.717, 1.165) is 18.3 Å². The van der Waals surface area contributed by atoms with E-state index in [1.54, 1.807) is 6.92 Å². The molecule has 0 atom stereocenters. The summed E-state index contributed by atoms with van der Waals surface area (Å²) in [5.74, 6) is 1.58. The Morgan fingerprint density at radius 3 is 2.35 bits per heavy atom. The number of esters is 1. The van der Waals surface area contributed by atoms with Gasteiger partial charge in [0, 0.05) is 5.57 Å². The van der Waals surface area contributed by atoms with Gasteiger partial charge < -0.3 is 4.74 Å². The molecule has 2 nitrogen and oxygen atoms in total. The SMILES string of the molecule is C=C(C)C(=O)OCCCC1CCC(CC)CC1. The number of carbonyl (C=O) groups excluding carboxylic acids is 1. The van der Waals surface area contributed by atoms with E-state index in [1.807, 2.05) is 0 Å². The second kappa shape index (κ2) is 7.52. The van der Waals surface area contributed by atoms with Crippen LogP contribution in [0.1, 0.15) is 58.8 Å². The maximum atomic E-state index is 11.2. The van der Waals surface area contributed by atoms with Gasteiger partial charge in [-0.25, -0.2) is 4.79 Å². The summed E-state index contributed by atoms with van der Waals surface area (Å²) in [7, 11) is 0. The molecule has 0 aliphatic heterocycles. The molecule has 0 radical (unpaired) electrons. The van der Waals surface area contributed by atoms with Crippen LogP contribution in [0.25, 0.3) is 0 Å². The van der Waals surface area contributed by atoms with E-state index in [9.17, 15) is 4.79 Å². The lowest BCUT2D eigenvalue weighted by Gasteiger charge is -2.27. The van der Waals surface area contributed by atoms with Crippen LogP contribution in [-0.2, 0) is 9.53 Å². The lowest BCUT2D eigenvalue weighted by molar-refractivity contribution is -0.139. The summed E-state index contributed by atoms with van der Waals surface area (Å²) in [4.78, 5) is 11.2. The first-order valence-electron chi connectivity index (χ1n) is 6.96. The summed E-state index contributed by atoms with van der Waals surface area (Å²) in [6.45, 7) is 8.10. The van der Waals surface area contributed by atoms with E-state index in [-0.39, 0.29) is 5.97 Å². The maximum Gasteiger partial charge on any atom is 0.333 e. The fourth-order valence-corrected chi connectivity index (χ4v) is 2.59. The van der Waals surface area contributed by atoms with E-state index < -0.39 is 0 Å². The van der Waals surface area contributed by atoms with Crippen LogP contribution in [0.4, 0.5) is 0 Å². The van der Waals surface area contributed by atoms with Gasteiger partial charge in [0.05, 0.1) is 6.61 Å². The zero-order valence-corrected chi connectivity index (χ0v) is 11.3. The van der Waals surface area contributed by atoms with Gasteiger partial charge in [0.1, 0.15) is 0 Å². The van der Waals surface area contributed by atoms with Crippen molar-refractivity contribution in [1.29, 1.82) is 0 Å². The summed E-state index contributed by atoms with van der Waals surface area (Å²) in [5, 5.41) is 0. The van der Waals surface area contributed by atoms with Crippen LogP contribution in [0.15, 0.2) is 12.2 Å². The van der Waals surface area contributed by atoms with E-state index in [2.05, 4.69) is 13.5 Å². The topological polar surface area (TPSA) is 26.3 Å². The molecular weight excluding hydrogens is 212 g/mol. The van der Waals surface area contributed by atoms with Gasteiger partial charge in [0.2, 0.25) is 0 Å². The molecule has 0 N–H and O–H groups in total. The van der Waals surface area contributed by atoms with Crippen molar-refractivity contribution in [2.45, 2.75) is 58.8 Å². The molecule has 0 unspecified atom stereocenters. The van der Waals surface area contributed by atoms with Crippen LogP contribution < -0.4 is 0 Å². The van der Waals surface area contributed by atoms with Crippen molar-refractivity contribution >= 4 is 5.97 Å². The van der Waals surface area contributed by atoms with E-state index in [0.29, 0.717) is 12.2 Å². The molecule has 0 aromatic heterocycles. The molecular formula is C15H26O2. The lowest BCUT2D eigenvalue weighted by Crippen LogP contribution is -2.15. The second-order valence-corrected chi connectivity index (χ2v) is 5.35. The Bertz CT molecular complexity index is 250. The number of hydrogen-bond acceptors (Lipinski definition) is 2. The molecule has 1 saturated carbocycles. The quantitative estimate of drug-likeness (QED) is 0.395. The van der Waals surface area contributed by atoms with Gasteiger partial charge in [0.25, 0.3) is 0 Å². The smallest absolute Gasteiger partial charge is 0.333 e. The molecule has 1 rings (SSSR count). The van der Waals surface area contributed by atoms with Gasteiger partial charge >= 0.3 is 5.97 Å². The highest BCUT2D eigenvalue weighted by atomic mass is 16.5. The molecule has 0 heterocycles. The van der Waals surface area contributed by atoms with Crippen LogP contribution >= 0.6 is 0 Å². The van der Waals surface area contributed by atoms with Gasteiger partial charge in [-0.15, -0.1) is 0 Å². The Hall–Kier alpha value is -0.790. The van der Waals surface area contributed by atoms with Crippen molar-refractivity contribution in [1.82, 2.24) is 0 Å². The molecule has 0 saturated heterocycles. The lowest BCUT2D eigenvalue weighted by atomic mass is 9.79. The zero-order chi connectivity index (χ0) is 12.7. The highest BCUT2D eigenvalue weighted by Crippen LogP contribution is 2.32. The average molecular weight is 238 g/mol. The van der Waals surface area contributed by atoms with E-state index in [4.69, 9.17) is 4.74 Å². The first kappa shape index (κ1) is 14.3. The molecule has 98 valence electrons.